The number of ether oxygens (including phenoxy) is 1. The van der Waals surface area contributed by atoms with Crippen LogP contribution in [0.25, 0.3) is 6.08 Å². The number of carbonyl (C=O) groups excluding carboxylic acids is 2. The molecule has 1 aliphatic rings. The van der Waals surface area contributed by atoms with Gasteiger partial charge in [-0.1, -0.05) is 29.8 Å². The van der Waals surface area contributed by atoms with Crippen LogP contribution in [0.15, 0.2) is 53.4 Å². The number of carboxylic acids is 1. The highest BCUT2D eigenvalue weighted by molar-refractivity contribution is 8.19. The zero-order chi connectivity index (χ0) is 18.7. The van der Waals surface area contributed by atoms with Crippen LogP contribution in [0.5, 0.6) is 5.75 Å². The van der Waals surface area contributed by atoms with Crippen LogP contribution in [-0.2, 0) is 9.59 Å². The highest BCUT2D eigenvalue weighted by Gasteiger charge is 2.36. The second-order valence-electron chi connectivity index (χ2n) is 5.25. The molecule has 0 aliphatic carbocycles. The predicted octanol–water partition coefficient (Wildman–Crippen LogP) is 4.04. The molecular weight excluding hydrogens is 378 g/mol. The zero-order valence-corrected chi connectivity index (χ0v) is 14.8. The largest absolute Gasteiger partial charge is 0.482 e. The van der Waals surface area contributed by atoms with Gasteiger partial charge in [0.05, 0.1) is 10.6 Å². The highest BCUT2D eigenvalue weighted by atomic mass is 35.5. The van der Waals surface area contributed by atoms with Gasteiger partial charge in [0.15, 0.2) is 6.61 Å². The van der Waals surface area contributed by atoms with Crippen LogP contribution in [0.1, 0.15) is 5.56 Å². The Morgan fingerprint density at radius 3 is 2.58 bits per heavy atom. The summed E-state index contributed by atoms with van der Waals surface area (Å²) in [5, 5.41) is 8.62. The van der Waals surface area contributed by atoms with Crippen LogP contribution >= 0.6 is 23.4 Å². The molecule has 2 aromatic carbocycles. The molecule has 2 amide bonds. The van der Waals surface area contributed by atoms with E-state index >= 15 is 0 Å². The topological polar surface area (TPSA) is 83.9 Å². The van der Waals surface area contributed by atoms with Crippen LogP contribution in [0.4, 0.5) is 10.5 Å². The summed E-state index contributed by atoms with van der Waals surface area (Å²) < 4.78 is 5.05. The van der Waals surface area contributed by atoms with Gasteiger partial charge in [-0.25, -0.2) is 9.69 Å². The number of hydrogen-bond acceptors (Lipinski definition) is 5. The molecule has 3 rings (SSSR count). The highest BCUT2D eigenvalue weighted by Crippen LogP contribution is 2.36. The lowest BCUT2D eigenvalue weighted by molar-refractivity contribution is -0.139. The second-order valence-corrected chi connectivity index (χ2v) is 6.68. The quantitative estimate of drug-likeness (QED) is 0.777. The lowest BCUT2D eigenvalue weighted by atomic mass is 10.2. The van der Waals surface area contributed by atoms with Crippen molar-refractivity contribution >= 4 is 52.2 Å². The molecule has 0 bridgehead atoms. The summed E-state index contributed by atoms with van der Waals surface area (Å²) in [4.78, 5) is 36.6. The summed E-state index contributed by atoms with van der Waals surface area (Å²) >= 11 is 6.77. The van der Waals surface area contributed by atoms with E-state index < -0.39 is 23.7 Å². The van der Waals surface area contributed by atoms with E-state index in [0.29, 0.717) is 22.0 Å². The average molecular weight is 390 g/mol. The molecule has 1 aliphatic heterocycles. The molecule has 1 saturated heterocycles. The number of halogens is 1. The van der Waals surface area contributed by atoms with Gasteiger partial charge in [-0.05, 0) is 53.7 Å². The molecule has 0 atom stereocenters. The fourth-order valence-electron chi connectivity index (χ4n) is 2.26. The normalized spacial score (nSPS) is 15.6. The molecule has 1 N–H and O–H groups in total. The second kappa shape index (κ2) is 7.63. The summed E-state index contributed by atoms with van der Waals surface area (Å²) in [6.45, 7) is -0.433. The monoisotopic (exact) mass is 389 g/mol. The third kappa shape index (κ3) is 4.07. The smallest absolute Gasteiger partial charge is 0.341 e. The number of amides is 2. The molecule has 0 unspecified atom stereocenters. The van der Waals surface area contributed by atoms with E-state index in [9.17, 15) is 14.4 Å². The number of rotatable bonds is 5. The summed E-state index contributed by atoms with van der Waals surface area (Å²) in [6, 6.07) is 13.0. The first-order valence-corrected chi connectivity index (χ1v) is 8.61. The van der Waals surface area contributed by atoms with Crippen LogP contribution in [-0.4, -0.2) is 28.8 Å². The molecule has 26 heavy (non-hydrogen) atoms. The number of aliphatic carboxylic acids is 1. The van der Waals surface area contributed by atoms with Crippen molar-refractivity contribution in [1.29, 1.82) is 0 Å². The van der Waals surface area contributed by atoms with Crippen molar-refractivity contribution in [2.75, 3.05) is 11.5 Å². The molecule has 2 aromatic rings. The van der Waals surface area contributed by atoms with Gasteiger partial charge in [-0.15, -0.1) is 0 Å². The van der Waals surface area contributed by atoms with E-state index in [1.165, 1.54) is 0 Å². The van der Waals surface area contributed by atoms with Crippen LogP contribution in [0.3, 0.4) is 0 Å². The average Bonchev–Trinajstić information content (AvgIpc) is 2.88. The molecule has 132 valence electrons. The number of carboxylic acid groups (broad SMARTS) is 1. The number of imide groups is 1. The van der Waals surface area contributed by atoms with Crippen molar-refractivity contribution in [3.8, 4) is 5.75 Å². The molecule has 8 heteroatoms. The molecule has 0 radical (unpaired) electrons. The SMILES string of the molecule is O=C(O)COc1ccc(C=C2SC(=O)N(c3cccc(Cl)c3)C2=O)cc1. The van der Waals surface area contributed by atoms with Gasteiger partial charge < -0.3 is 9.84 Å². The predicted molar refractivity (Wildman–Crippen MR) is 99.5 cm³/mol. The minimum absolute atomic E-state index is 0.286. The zero-order valence-electron chi connectivity index (χ0n) is 13.2. The molecule has 1 fully saturated rings. The number of carbonyl (C=O) groups is 3. The number of benzene rings is 2. The third-order valence-corrected chi connectivity index (χ3v) is 4.50. The molecule has 6 nitrogen and oxygen atoms in total. The Hall–Kier alpha value is -2.77. The van der Waals surface area contributed by atoms with E-state index in [0.717, 1.165) is 16.7 Å². The Bertz CT molecular complexity index is 910. The van der Waals surface area contributed by atoms with E-state index in [1.807, 2.05) is 0 Å². The summed E-state index contributed by atoms with van der Waals surface area (Å²) in [6.07, 6.45) is 1.59. The summed E-state index contributed by atoms with van der Waals surface area (Å²) in [5.74, 6) is -1.09. The maximum atomic E-state index is 12.6. The Labute approximate surface area is 158 Å². The molecule has 0 spiro atoms. The first kappa shape index (κ1) is 18.0. The minimum atomic E-state index is -1.07. The summed E-state index contributed by atoms with van der Waals surface area (Å²) in [5.41, 5.74) is 1.10. The number of thioether (sulfide) groups is 1. The van der Waals surface area contributed by atoms with E-state index in [-0.39, 0.29) is 4.91 Å². The first-order chi connectivity index (χ1) is 12.4. The van der Waals surface area contributed by atoms with Crippen LogP contribution in [0, 0.1) is 0 Å². The number of hydrogen-bond donors (Lipinski definition) is 1. The third-order valence-electron chi connectivity index (χ3n) is 3.40. The first-order valence-electron chi connectivity index (χ1n) is 7.42. The standard InChI is InChI=1S/C18H12ClNO5S/c19-12-2-1-3-13(9-12)20-17(23)15(26-18(20)24)8-11-4-6-14(7-5-11)25-10-16(21)22/h1-9H,10H2,(H,21,22). The van der Waals surface area contributed by atoms with Crippen LogP contribution in [0.2, 0.25) is 5.02 Å². The molecule has 1 heterocycles. The van der Waals surface area contributed by atoms with Crippen molar-refractivity contribution in [2.24, 2.45) is 0 Å². The van der Waals surface area contributed by atoms with Crippen molar-refractivity contribution in [2.45, 2.75) is 0 Å². The Morgan fingerprint density at radius 1 is 1.19 bits per heavy atom. The fraction of sp³-hybridized carbons (Fsp3) is 0.0556. The maximum Gasteiger partial charge on any atom is 0.341 e. The van der Waals surface area contributed by atoms with E-state index in [4.69, 9.17) is 21.4 Å². The fourth-order valence-corrected chi connectivity index (χ4v) is 3.29. The van der Waals surface area contributed by atoms with Crippen molar-refractivity contribution in [3.05, 3.63) is 64.0 Å². The van der Waals surface area contributed by atoms with Gasteiger partial charge in [-0.2, -0.15) is 0 Å². The summed E-state index contributed by atoms with van der Waals surface area (Å²) in [7, 11) is 0. The van der Waals surface area contributed by atoms with Gasteiger partial charge in [0.1, 0.15) is 5.75 Å². The van der Waals surface area contributed by atoms with Gasteiger partial charge in [-0.3, -0.25) is 9.59 Å². The Morgan fingerprint density at radius 2 is 1.92 bits per heavy atom. The van der Waals surface area contributed by atoms with Gasteiger partial charge in [0, 0.05) is 5.02 Å². The van der Waals surface area contributed by atoms with Gasteiger partial charge in [0.25, 0.3) is 11.1 Å². The Kier molecular flexibility index (Phi) is 5.29. The van der Waals surface area contributed by atoms with E-state index in [2.05, 4.69) is 0 Å². The minimum Gasteiger partial charge on any atom is -0.482 e. The van der Waals surface area contributed by atoms with Gasteiger partial charge >= 0.3 is 5.97 Å². The lowest BCUT2D eigenvalue weighted by Crippen LogP contribution is -2.27. The van der Waals surface area contributed by atoms with Crippen molar-refractivity contribution < 1.29 is 24.2 Å². The van der Waals surface area contributed by atoms with Crippen LogP contribution < -0.4 is 9.64 Å². The number of nitrogens with zero attached hydrogens (tertiary/aromatic N) is 1. The van der Waals surface area contributed by atoms with Crippen molar-refractivity contribution in [3.63, 3.8) is 0 Å². The van der Waals surface area contributed by atoms with Crippen molar-refractivity contribution in [1.82, 2.24) is 0 Å². The maximum absolute atomic E-state index is 12.6. The molecule has 0 aromatic heterocycles. The lowest BCUT2D eigenvalue weighted by Gasteiger charge is -2.12. The van der Waals surface area contributed by atoms with Gasteiger partial charge in [0.2, 0.25) is 0 Å². The molecular formula is C18H12ClNO5S. The molecule has 0 saturated carbocycles. The Balaban J connectivity index is 1.78. The van der Waals surface area contributed by atoms with E-state index in [1.54, 1.807) is 54.6 Å². The number of anilines is 1.